The fourth-order valence-electron chi connectivity index (χ4n) is 3.33. The lowest BCUT2D eigenvalue weighted by Gasteiger charge is -2.26. The van der Waals surface area contributed by atoms with E-state index in [2.05, 4.69) is 73.3 Å². The van der Waals surface area contributed by atoms with Crippen LogP contribution < -0.4 is 4.90 Å². The van der Waals surface area contributed by atoms with Crippen LogP contribution in [0.4, 0.5) is 5.69 Å². The zero-order chi connectivity index (χ0) is 18.9. The number of benzene rings is 2. The minimum Gasteiger partial charge on any atom is -0.491 e. The average molecular weight is 382 g/mol. The van der Waals surface area contributed by atoms with E-state index in [1.165, 1.54) is 41.8 Å². The highest BCUT2D eigenvalue weighted by Crippen LogP contribution is 2.39. The fraction of sp³-hybridized carbons (Fsp3) is 0.417. The third-order valence-corrected chi connectivity index (χ3v) is 5.96. The number of anilines is 1. The maximum Gasteiger partial charge on any atom is 0.140 e. The van der Waals surface area contributed by atoms with Gasteiger partial charge in [0.2, 0.25) is 0 Å². The van der Waals surface area contributed by atoms with Gasteiger partial charge in [0.1, 0.15) is 5.76 Å². The van der Waals surface area contributed by atoms with Crippen molar-refractivity contribution in [1.29, 1.82) is 0 Å². The van der Waals surface area contributed by atoms with E-state index < -0.39 is 0 Å². The molecule has 0 saturated carbocycles. The average Bonchev–Trinajstić information content (AvgIpc) is 2.75. The van der Waals surface area contributed by atoms with Crippen molar-refractivity contribution >= 4 is 28.1 Å². The lowest BCUT2D eigenvalue weighted by molar-refractivity contribution is 0.301. The molecule has 144 valence electrons. The maximum atomic E-state index is 6.06. The minimum atomic E-state index is 0.776. The van der Waals surface area contributed by atoms with Gasteiger partial charge in [0, 0.05) is 30.1 Å². The molecule has 27 heavy (non-hydrogen) atoms. The van der Waals surface area contributed by atoms with Gasteiger partial charge in [0.15, 0.2) is 0 Å². The normalized spacial score (nSPS) is 14.1. The SMILES string of the molecule is CCCCN(CCCC)c1ccc(C2=C(c3ccccc3)OCCS2)cc1. The predicted octanol–water partition coefficient (Wildman–Crippen LogP) is 6.68. The van der Waals surface area contributed by atoms with Gasteiger partial charge < -0.3 is 9.64 Å². The van der Waals surface area contributed by atoms with Crippen LogP contribution in [0.5, 0.6) is 0 Å². The Bertz CT molecular complexity index is 716. The number of hydrogen-bond donors (Lipinski definition) is 0. The summed E-state index contributed by atoms with van der Waals surface area (Å²) in [7, 11) is 0. The van der Waals surface area contributed by atoms with Gasteiger partial charge in [-0.25, -0.2) is 0 Å². The summed E-state index contributed by atoms with van der Waals surface area (Å²) in [6.45, 7) is 7.59. The molecule has 0 unspecified atom stereocenters. The molecule has 0 amide bonds. The second-order valence-corrected chi connectivity index (χ2v) is 8.07. The largest absolute Gasteiger partial charge is 0.491 e. The number of thioether (sulfide) groups is 1. The van der Waals surface area contributed by atoms with Crippen molar-refractivity contribution in [3.05, 3.63) is 65.7 Å². The summed E-state index contributed by atoms with van der Waals surface area (Å²) in [5.41, 5.74) is 3.76. The second-order valence-electron chi connectivity index (χ2n) is 6.96. The highest BCUT2D eigenvalue weighted by atomic mass is 32.2. The van der Waals surface area contributed by atoms with Gasteiger partial charge in [-0.2, -0.15) is 0 Å². The summed E-state index contributed by atoms with van der Waals surface area (Å²) in [6, 6.07) is 19.6. The van der Waals surface area contributed by atoms with Gasteiger partial charge >= 0.3 is 0 Å². The molecule has 0 N–H and O–H groups in total. The van der Waals surface area contributed by atoms with Crippen molar-refractivity contribution in [3.8, 4) is 0 Å². The third-order valence-electron chi connectivity index (χ3n) is 4.88. The zero-order valence-corrected chi connectivity index (χ0v) is 17.4. The van der Waals surface area contributed by atoms with E-state index in [9.17, 15) is 0 Å². The molecule has 0 aliphatic carbocycles. The molecule has 0 bridgehead atoms. The van der Waals surface area contributed by atoms with E-state index in [4.69, 9.17) is 4.74 Å². The van der Waals surface area contributed by atoms with Crippen LogP contribution in [0.2, 0.25) is 0 Å². The molecule has 2 nitrogen and oxygen atoms in total. The maximum absolute atomic E-state index is 6.06. The smallest absolute Gasteiger partial charge is 0.140 e. The minimum absolute atomic E-state index is 0.776. The topological polar surface area (TPSA) is 12.5 Å². The first-order chi connectivity index (χ1) is 13.3. The van der Waals surface area contributed by atoms with Crippen LogP contribution >= 0.6 is 11.8 Å². The van der Waals surface area contributed by atoms with E-state index in [0.717, 1.165) is 36.8 Å². The molecule has 0 fully saturated rings. The molecule has 0 aromatic heterocycles. The first kappa shape index (κ1) is 19.9. The molecule has 1 heterocycles. The summed E-state index contributed by atoms with van der Waals surface area (Å²) in [5.74, 6) is 2.03. The Labute approximate surface area is 168 Å². The predicted molar refractivity (Wildman–Crippen MR) is 120 cm³/mol. The van der Waals surface area contributed by atoms with Crippen LogP contribution in [0, 0.1) is 0 Å². The number of ether oxygens (including phenoxy) is 1. The standard InChI is InChI=1S/C24H31NOS/c1-3-5-16-25(17-6-4-2)22-14-12-21(13-15-22)24-23(26-18-19-27-24)20-10-8-7-9-11-20/h7-15H,3-6,16-19H2,1-2H3. The van der Waals surface area contributed by atoms with Gasteiger partial charge in [0.05, 0.1) is 11.5 Å². The van der Waals surface area contributed by atoms with Gasteiger partial charge in [-0.1, -0.05) is 69.2 Å². The van der Waals surface area contributed by atoms with Crippen molar-refractivity contribution in [1.82, 2.24) is 0 Å². The molecule has 0 saturated heterocycles. The van der Waals surface area contributed by atoms with Gasteiger partial charge in [-0.15, -0.1) is 11.8 Å². The number of nitrogens with zero attached hydrogens (tertiary/aromatic N) is 1. The number of unbranched alkanes of at least 4 members (excludes halogenated alkanes) is 2. The molecule has 0 atom stereocenters. The van der Waals surface area contributed by atoms with Crippen molar-refractivity contribution < 1.29 is 4.74 Å². The van der Waals surface area contributed by atoms with E-state index in [1.54, 1.807) is 0 Å². The first-order valence-electron chi connectivity index (χ1n) is 10.2. The van der Waals surface area contributed by atoms with E-state index in [1.807, 2.05) is 11.8 Å². The van der Waals surface area contributed by atoms with E-state index >= 15 is 0 Å². The Balaban J connectivity index is 1.85. The lowest BCUT2D eigenvalue weighted by atomic mass is 10.1. The van der Waals surface area contributed by atoms with Crippen molar-refractivity contribution in [3.63, 3.8) is 0 Å². The molecular formula is C24H31NOS. The van der Waals surface area contributed by atoms with Gasteiger partial charge in [-0.05, 0) is 30.5 Å². The molecule has 1 aliphatic heterocycles. The quantitative estimate of drug-likeness (QED) is 0.480. The Morgan fingerprint density at radius 2 is 1.52 bits per heavy atom. The molecule has 0 radical (unpaired) electrons. The zero-order valence-electron chi connectivity index (χ0n) is 16.6. The molecule has 0 spiro atoms. The molecule has 2 aromatic rings. The number of hydrogen-bond acceptors (Lipinski definition) is 3. The summed E-state index contributed by atoms with van der Waals surface area (Å²) < 4.78 is 6.06. The van der Waals surface area contributed by atoms with Crippen molar-refractivity contribution in [2.75, 3.05) is 30.3 Å². The Morgan fingerprint density at radius 3 is 2.15 bits per heavy atom. The van der Waals surface area contributed by atoms with E-state index in [-0.39, 0.29) is 0 Å². The summed E-state index contributed by atoms with van der Waals surface area (Å²) in [6.07, 6.45) is 4.97. The monoisotopic (exact) mass is 381 g/mol. The van der Waals surface area contributed by atoms with Crippen LogP contribution in [0.3, 0.4) is 0 Å². The highest BCUT2D eigenvalue weighted by molar-refractivity contribution is 8.08. The van der Waals surface area contributed by atoms with Gasteiger partial charge in [-0.3, -0.25) is 0 Å². The van der Waals surface area contributed by atoms with E-state index in [0.29, 0.717) is 0 Å². The molecule has 2 aromatic carbocycles. The van der Waals surface area contributed by atoms with Crippen LogP contribution in [0.15, 0.2) is 54.6 Å². The lowest BCUT2D eigenvalue weighted by Crippen LogP contribution is -2.25. The van der Waals surface area contributed by atoms with Crippen molar-refractivity contribution in [2.24, 2.45) is 0 Å². The van der Waals surface area contributed by atoms with Gasteiger partial charge in [0.25, 0.3) is 0 Å². The van der Waals surface area contributed by atoms with Crippen LogP contribution in [-0.2, 0) is 4.74 Å². The third kappa shape index (κ3) is 5.32. The highest BCUT2D eigenvalue weighted by Gasteiger charge is 2.18. The van der Waals surface area contributed by atoms with Crippen LogP contribution in [0.1, 0.15) is 50.7 Å². The molecule has 3 rings (SSSR count). The van der Waals surface area contributed by atoms with Crippen LogP contribution in [-0.4, -0.2) is 25.4 Å². The fourth-order valence-corrected chi connectivity index (χ4v) is 4.31. The molecular weight excluding hydrogens is 350 g/mol. The Morgan fingerprint density at radius 1 is 0.852 bits per heavy atom. The summed E-state index contributed by atoms with van der Waals surface area (Å²) in [5, 5.41) is 0. The van der Waals surface area contributed by atoms with Crippen LogP contribution in [0.25, 0.3) is 10.7 Å². The summed E-state index contributed by atoms with van der Waals surface area (Å²) in [4.78, 5) is 3.79. The molecule has 1 aliphatic rings. The Kier molecular flexibility index (Phi) is 7.70. The molecule has 3 heteroatoms. The summed E-state index contributed by atoms with van der Waals surface area (Å²) >= 11 is 1.90. The second kappa shape index (κ2) is 10.5. The first-order valence-corrected chi connectivity index (χ1v) is 11.2. The Hall–Kier alpha value is -1.87. The number of rotatable bonds is 9. The van der Waals surface area contributed by atoms with Crippen molar-refractivity contribution in [2.45, 2.75) is 39.5 Å².